The zero-order valence-corrected chi connectivity index (χ0v) is 13.6. The van der Waals surface area contributed by atoms with Crippen LogP contribution < -0.4 is 0 Å². The maximum Gasteiger partial charge on any atom is -0.0287 e. The highest BCUT2D eigenvalue weighted by atomic mass is 14.6. The Labute approximate surface area is 121 Å². The number of rotatable bonds is 10. The summed E-state index contributed by atoms with van der Waals surface area (Å²) < 4.78 is 0. The molecule has 0 aliphatic heterocycles. The van der Waals surface area contributed by atoms with Crippen LogP contribution in [-0.2, 0) is 0 Å². The van der Waals surface area contributed by atoms with Crippen LogP contribution in [0.25, 0.3) is 0 Å². The van der Waals surface area contributed by atoms with Crippen LogP contribution in [0.2, 0.25) is 0 Å². The lowest BCUT2D eigenvalue weighted by Crippen LogP contribution is -2.47. The molecule has 19 heavy (non-hydrogen) atoms. The first-order valence-corrected chi connectivity index (χ1v) is 9.28. The molecule has 0 nitrogen and oxygen atoms in total. The van der Waals surface area contributed by atoms with E-state index in [2.05, 4.69) is 13.8 Å². The Balaban J connectivity index is 1.45. The maximum absolute atomic E-state index is 2.31. The van der Waals surface area contributed by atoms with Gasteiger partial charge in [0.05, 0.1) is 0 Å². The molecule has 2 rings (SSSR count). The minimum Gasteiger partial charge on any atom is -0.0654 e. The van der Waals surface area contributed by atoms with Crippen LogP contribution in [0.5, 0.6) is 0 Å². The quantitative estimate of drug-likeness (QED) is 0.383. The van der Waals surface area contributed by atoms with Crippen molar-refractivity contribution < 1.29 is 0 Å². The van der Waals surface area contributed by atoms with Crippen LogP contribution in [0.4, 0.5) is 0 Å². The lowest BCUT2D eigenvalue weighted by molar-refractivity contribution is -0.0738. The van der Waals surface area contributed by atoms with Gasteiger partial charge in [0, 0.05) is 0 Å². The average Bonchev–Trinajstić information content (AvgIpc) is 2.32. The highest BCUT2D eigenvalue weighted by Crippen LogP contribution is 2.63. The highest BCUT2D eigenvalue weighted by molar-refractivity contribution is 5.02. The van der Waals surface area contributed by atoms with Gasteiger partial charge in [-0.3, -0.25) is 0 Å². The van der Waals surface area contributed by atoms with Gasteiger partial charge in [-0.25, -0.2) is 0 Å². The van der Waals surface area contributed by atoms with Crippen molar-refractivity contribution in [3.8, 4) is 0 Å². The molecule has 0 aromatic carbocycles. The first kappa shape index (κ1) is 15.4. The second-order valence-electron chi connectivity index (χ2n) is 7.75. The second kappa shape index (κ2) is 7.70. The van der Waals surface area contributed by atoms with Gasteiger partial charge in [-0.05, 0) is 42.9 Å². The van der Waals surface area contributed by atoms with Crippen molar-refractivity contribution in [1.29, 1.82) is 0 Å². The van der Waals surface area contributed by atoms with Crippen LogP contribution in [0.3, 0.4) is 0 Å². The summed E-state index contributed by atoms with van der Waals surface area (Å²) in [6.07, 6.45) is 21.2. The molecule has 0 radical (unpaired) electrons. The van der Waals surface area contributed by atoms with Crippen molar-refractivity contribution in [2.75, 3.05) is 0 Å². The van der Waals surface area contributed by atoms with E-state index in [4.69, 9.17) is 0 Å². The molecule has 2 fully saturated rings. The molecule has 0 unspecified atom stereocenters. The van der Waals surface area contributed by atoms with E-state index in [0.29, 0.717) is 0 Å². The predicted molar refractivity (Wildman–Crippen MR) is 85.4 cm³/mol. The minimum absolute atomic E-state index is 0.880. The summed E-state index contributed by atoms with van der Waals surface area (Å²) in [6.45, 7) is 4.63. The van der Waals surface area contributed by atoms with Gasteiger partial charge < -0.3 is 0 Å². The molecule has 0 heterocycles. The van der Waals surface area contributed by atoms with Gasteiger partial charge in [0.25, 0.3) is 0 Å². The van der Waals surface area contributed by atoms with E-state index in [9.17, 15) is 0 Å². The number of unbranched alkanes of at least 4 members (excludes halogenated alkanes) is 6. The molecule has 0 heteroatoms. The normalized spacial score (nSPS) is 33.2. The maximum atomic E-state index is 2.31. The van der Waals surface area contributed by atoms with Crippen molar-refractivity contribution in [2.45, 2.75) is 104 Å². The topological polar surface area (TPSA) is 0 Å². The molecule has 0 amide bonds. The van der Waals surface area contributed by atoms with E-state index in [0.717, 1.165) is 17.3 Å². The first-order chi connectivity index (χ1) is 9.28. The fourth-order valence-electron chi connectivity index (χ4n) is 4.79. The van der Waals surface area contributed by atoms with Gasteiger partial charge in [-0.15, -0.1) is 0 Å². The van der Waals surface area contributed by atoms with Crippen molar-refractivity contribution >= 4 is 0 Å². The van der Waals surface area contributed by atoms with Gasteiger partial charge in [-0.2, -0.15) is 0 Å². The summed E-state index contributed by atoms with van der Waals surface area (Å²) in [6, 6.07) is 0. The van der Waals surface area contributed by atoms with Crippen LogP contribution >= 0.6 is 0 Å². The molecule has 0 aromatic heterocycles. The van der Waals surface area contributed by atoms with E-state index >= 15 is 0 Å². The summed E-state index contributed by atoms with van der Waals surface area (Å²) in [4.78, 5) is 0. The molecule has 2 aliphatic rings. The molecule has 0 N–H and O–H groups in total. The molecule has 2 aliphatic carbocycles. The molecule has 0 aromatic rings. The lowest BCUT2D eigenvalue weighted by Gasteiger charge is -2.58. The minimum atomic E-state index is 0.880. The monoisotopic (exact) mass is 264 g/mol. The summed E-state index contributed by atoms with van der Waals surface area (Å²) in [7, 11) is 0. The Bertz CT molecular complexity index is 201. The molecule has 0 atom stereocenters. The second-order valence-corrected chi connectivity index (χ2v) is 7.75. The number of hydrogen-bond donors (Lipinski definition) is 0. The Hall–Kier alpha value is 0. The van der Waals surface area contributed by atoms with E-state index < -0.39 is 0 Å². The molecular formula is C19H36. The van der Waals surface area contributed by atoms with E-state index in [1.165, 1.54) is 51.4 Å². The Morgan fingerprint density at radius 3 is 1.42 bits per heavy atom. The van der Waals surface area contributed by atoms with Crippen LogP contribution in [-0.4, -0.2) is 0 Å². The highest BCUT2D eigenvalue weighted by Gasteiger charge is 2.51. The SMILES string of the molecule is CCCCCCC1CC2(C1)CC(CCCCCC)C2. The van der Waals surface area contributed by atoms with Gasteiger partial charge in [-0.1, -0.05) is 78.1 Å². The van der Waals surface area contributed by atoms with Crippen LogP contribution in [0.1, 0.15) is 104 Å². The summed E-state index contributed by atoms with van der Waals surface area (Å²) in [5.41, 5.74) is 0.880. The zero-order valence-electron chi connectivity index (χ0n) is 13.6. The third-order valence-corrected chi connectivity index (χ3v) is 5.82. The van der Waals surface area contributed by atoms with Gasteiger partial charge in [0.2, 0.25) is 0 Å². The molecule has 0 saturated heterocycles. The van der Waals surface area contributed by atoms with Gasteiger partial charge >= 0.3 is 0 Å². The molecule has 1 spiro atoms. The molecule has 2 saturated carbocycles. The summed E-state index contributed by atoms with van der Waals surface area (Å²) >= 11 is 0. The lowest BCUT2D eigenvalue weighted by atomic mass is 9.47. The Morgan fingerprint density at radius 1 is 0.632 bits per heavy atom. The summed E-state index contributed by atoms with van der Waals surface area (Å²) in [5.74, 6) is 2.25. The Morgan fingerprint density at radius 2 is 1.05 bits per heavy atom. The largest absolute Gasteiger partial charge is 0.0654 e. The van der Waals surface area contributed by atoms with Crippen molar-refractivity contribution in [2.24, 2.45) is 17.3 Å². The fourth-order valence-corrected chi connectivity index (χ4v) is 4.79. The predicted octanol–water partition coefficient (Wildman–Crippen LogP) is 6.73. The number of hydrogen-bond acceptors (Lipinski definition) is 0. The van der Waals surface area contributed by atoms with Crippen molar-refractivity contribution in [3.63, 3.8) is 0 Å². The standard InChI is InChI=1S/C19H36/c1-3-5-7-9-11-17-13-19(14-17)15-18(16-19)12-10-8-6-4-2/h17-18H,3-16H2,1-2H3. The molecule has 112 valence electrons. The van der Waals surface area contributed by atoms with Crippen molar-refractivity contribution in [1.82, 2.24) is 0 Å². The van der Waals surface area contributed by atoms with Crippen LogP contribution in [0.15, 0.2) is 0 Å². The van der Waals surface area contributed by atoms with Crippen LogP contribution in [0, 0.1) is 17.3 Å². The van der Waals surface area contributed by atoms with Gasteiger partial charge in [0.1, 0.15) is 0 Å². The van der Waals surface area contributed by atoms with Gasteiger partial charge in [0.15, 0.2) is 0 Å². The van der Waals surface area contributed by atoms with E-state index in [1.807, 2.05) is 0 Å². The average molecular weight is 264 g/mol. The van der Waals surface area contributed by atoms with E-state index in [1.54, 1.807) is 38.5 Å². The smallest absolute Gasteiger partial charge is 0.0287 e. The molecular weight excluding hydrogens is 228 g/mol. The molecule has 0 bridgehead atoms. The van der Waals surface area contributed by atoms with E-state index in [-0.39, 0.29) is 0 Å². The zero-order chi connectivity index (χ0) is 13.6. The summed E-state index contributed by atoms with van der Waals surface area (Å²) in [5, 5.41) is 0. The third-order valence-electron chi connectivity index (χ3n) is 5.82. The first-order valence-electron chi connectivity index (χ1n) is 9.28. The van der Waals surface area contributed by atoms with Crippen molar-refractivity contribution in [3.05, 3.63) is 0 Å². The third kappa shape index (κ3) is 4.50. The Kier molecular flexibility index (Phi) is 6.23. The fraction of sp³-hybridized carbons (Fsp3) is 1.00.